The van der Waals surface area contributed by atoms with Crippen LogP contribution in [0.5, 0.6) is 0 Å². The molecule has 2 aromatic carbocycles. The highest BCUT2D eigenvalue weighted by atomic mass is 35.5. The summed E-state index contributed by atoms with van der Waals surface area (Å²) < 4.78 is 33.7. The minimum absolute atomic E-state index is 0.0680. The molecule has 0 fully saturated rings. The summed E-state index contributed by atoms with van der Waals surface area (Å²) in [6.45, 7) is 3.66. The monoisotopic (exact) mass is 551 g/mol. The lowest BCUT2D eigenvalue weighted by molar-refractivity contribution is -0.384. The van der Waals surface area contributed by atoms with Gasteiger partial charge in [-0.05, 0) is 30.3 Å². The van der Waals surface area contributed by atoms with Crippen LogP contribution < -0.4 is 5.32 Å². The lowest BCUT2D eigenvalue weighted by Crippen LogP contribution is -2.30. The smallest absolute Gasteiger partial charge is 0.306 e. The number of benzene rings is 2. The molecule has 0 saturated carbocycles. The maximum Gasteiger partial charge on any atom is 0.306 e. The van der Waals surface area contributed by atoms with E-state index in [9.17, 15) is 28.1 Å². The summed E-state index contributed by atoms with van der Waals surface area (Å²) >= 11 is 5.75. The quantitative estimate of drug-likeness (QED) is 0.216. The van der Waals surface area contributed by atoms with Crippen molar-refractivity contribution in [1.82, 2.24) is 13.9 Å². The average molecular weight is 552 g/mol. The second-order valence-corrected chi connectivity index (χ2v) is 10.3. The summed E-state index contributed by atoms with van der Waals surface area (Å²) in [5.41, 5.74) is 0.963. The van der Waals surface area contributed by atoms with Crippen molar-refractivity contribution in [3.05, 3.63) is 57.4 Å². The Balaban J connectivity index is 1.60. The van der Waals surface area contributed by atoms with Gasteiger partial charge in [0.25, 0.3) is 11.6 Å². The Kier molecular flexibility index (Phi) is 8.84. The van der Waals surface area contributed by atoms with Crippen LogP contribution in [0.25, 0.3) is 11.0 Å². The van der Waals surface area contributed by atoms with Gasteiger partial charge in [0.15, 0.2) is 6.61 Å². The lowest BCUT2D eigenvalue weighted by Gasteiger charge is -2.18. The van der Waals surface area contributed by atoms with E-state index in [1.165, 1.54) is 28.6 Å². The largest absolute Gasteiger partial charge is 0.456 e. The van der Waals surface area contributed by atoms with E-state index >= 15 is 0 Å². The third-order valence-corrected chi connectivity index (χ3v) is 8.00. The van der Waals surface area contributed by atoms with Gasteiger partial charge in [-0.25, -0.2) is 13.4 Å². The van der Waals surface area contributed by atoms with E-state index in [1.54, 1.807) is 31.5 Å². The van der Waals surface area contributed by atoms with Gasteiger partial charge in [-0.3, -0.25) is 19.7 Å². The molecule has 0 unspecified atom stereocenters. The van der Waals surface area contributed by atoms with Gasteiger partial charge in [-0.2, -0.15) is 4.31 Å². The molecule has 37 heavy (non-hydrogen) atoms. The SMILES string of the molecule is CCN(CC)S(=O)(=O)c1ccc2c(c1)nc(CCC(=O)OCC(=O)Nc1ccc(Cl)c([N+](=O)[O-])c1)n2C. The summed E-state index contributed by atoms with van der Waals surface area (Å²) in [6.07, 6.45) is 0.134. The number of nitro groups is 1. The lowest BCUT2D eigenvalue weighted by atomic mass is 10.3. The van der Waals surface area contributed by atoms with E-state index in [0.29, 0.717) is 29.9 Å². The van der Waals surface area contributed by atoms with Crippen molar-refractivity contribution in [3.63, 3.8) is 0 Å². The molecule has 3 rings (SSSR count). The van der Waals surface area contributed by atoms with Crippen LogP contribution in [0.2, 0.25) is 5.02 Å². The molecule has 198 valence electrons. The van der Waals surface area contributed by atoms with Gasteiger partial charge in [0.2, 0.25) is 10.0 Å². The van der Waals surface area contributed by atoms with Gasteiger partial charge in [-0.1, -0.05) is 25.4 Å². The highest BCUT2D eigenvalue weighted by Crippen LogP contribution is 2.27. The number of anilines is 1. The fourth-order valence-corrected chi connectivity index (χ4v) is 5.35. The molecule has 1 N–H and O–H groups in total. The van der Waals surface area contributed by atoms with E-state index in [1.807, 2.05) is 0 Å². The van der Waals surface area contributed by atoms with Crippen molar-refractivity contribution in [2.75, 3.05) is 25.0 Å². The number of amides is 1. The zero-order valence-electron chi connectivity index (χ0n) is 20.4. The predicted octanol–water partition coefficient (Wildman–Crippen LogP) is 3.28. The zero-order chi connectivity index (χ0) is 27.3. The number of ether oxygens (including phenoxy) is 1. The number of carbonyl (C=O) groups excluding carboxylic acids is 2. The first-order valence-electron chi connectivity index (χ1n) is 11.3. The molecule has 14 heteroatoms. The fourth-order valence-electron chi connectivity index (χ4n) is 3.69. The van der Waals surface area contributed by atoms with E-state index in [4.69, 9.17) is 16.3 Å². The summed E-state index contributed by atoms with van der Waals surface area (Å²) in [7, 11) is -1.88. The molecule has 0 aliphatic rings. The number of imidazole rings is 1. The molecule has 12 nitrogen and oxygen atoms in total. The van der Waals surface area contributed by atoms with Gasteiger partial charge in [-0.15, -0.1) is 0 Å². The van der Waals surface area contributed by atoms with Gasteiger partial charge >= 0.3 is 5.97 Å². The number of hydrogen-bond acceptors (Lipinski definition) is 8. The second-order valence-electron chi connectivity index (χ2n) is 7.96. The van der Waals surface area contributed by atoms with Gasteiger partial charge in [0.1, 0.15) is 10.8 Å². The number of nitrogens with one attached hydrogen (secondary N) is 1. The first-order chi connectivity index (χ1) is 17.5. The van der Waals surface area contributed by atoms with Crippen molar-refractivity contribution in [2.45, 2.75) is 31.6 Å². The van der Waals surface area contributed by atoms with Crippen LogP contribution in [0.3, 0.4) is 0 Å². The normalized spacial score (nSPS) is 11.6. The van der Waals surface area contributed by atoms with Crippen molar-refractivity contribution >= 4 is 55.9 Å². The maximum atomic E-state index is 12.8. The van der Waals surface area contributed by atoms with Crippen LogP contribution in [0.15, 0.2) is 41.3 Å². The first-order valence-corrected chi connectivity index (χ1v) is 13.1. The fraction of sp³-hybridized carbons (Fsp3) is 0.348. The Bertz CT molecular complexity index is 1450. The first kappa shape index (κ1) is 28.0. The van der Waals surface area contributed by atoms with E-state index in [-0.39, 0.29) is 34.1 Å². The summed E-state index contributed by atoms with van der Waals surface area (Å²) in [5, 5.41) is 13.3. The predicted molar refractivity (Wildman–Crippen MR) is 137 cm³/mol. The minimum atomic E-state index is -3.64. The Hall–Kier alpha value is -3.55. The number of fused-ring (bicyclic) bond motifs is 1. The van der Waals surface area contributed by atoms with Crippen molar-refractivity contribution in [1.29, 1.82) is 0 Å². The molecule has 1 heterocycles. The van der Waals surface area contributed by atoms with E-state index in [2.05, 4.69) is 10.3 Å². The molecule has 0 aliphatic carbocycles. The Morgan fingerprint density at radius 2 is 1.89 bits per heavy atom. The number of rotatable bonds is 11. The standard InChI is InChI=1S/C23H26ClN5O7S/c1-4-28(5-2)37(34,35)16-7-9-19-18(13-16)26-21(27(19)3)10-11-23(31)36-14-22(30)25-15-6-8-17(24)20(12-15)29(32)33/h6-9,12-13H,4-5,10-11,14H2,1-3H3,(H,25,30). The number of halogens is 1. The van der Waals surface area contributed by atoms with Gasteiger partial charge in [0.05, 0.1) is 27.3 Å². The van der Waals surface area contributed by atoms with Crippen molar-refractivity contribution in [2.24, 2.45) is 7.05 Å². The van der Waals surface area contributed by atoms with Gasteiger partial charge < -0.3 is 14.6 Å². The number of aromatic nitrogens is 2. The maximum absolute atomic E-state index is 12.8. The zero-order valence-corrected chi connectivity index (χ0v) is 22.0. The number of hydrogen-bond donors (Lipinski definition) is 1. The number of carbonyl (C=O) groups is 2. The highest BCUT2D eigenvalue weighted by molar-refractivity contribution is 7.89. The molecule has 0 spiro atoms. The molecule has 1 aromatic heterocycles. The molecular formula is C23H26ClN5O7S. The third kappa shape index (κ3) is 6.42. The topological polar surface area (TPSA) is 154 Å². The van der Waals surface area contributed by atoms with Crippen LogP contribution in [-0.4, -0.2) is 58.8 Å². The van der Waals surface area contributed by atoms with Crippen LogP contribution in [0.1, 0.15) is 26.1 Å². The summed E-state index contributed by atoms with van der Waals surface area (Å²) in [4.78, 5) is 39.2. The Labute approximate surface area is 218 Å². The Morgan fingerprint density at radius 3 is 2.54 bits per heavy atom. The number of nitro benzene ring substituents is 1. The number of sulfonamides is 1. The van der Waals surface area contributed by atoms with Crippen LogP contribution in [0, 0.1) is 10.1 Å². The highest BCUT2D eigenvalue weighted by Gasteiger charge is 2.23. The average Bonchev–Trinajstić information content (AvgIpc) is 3.17. The summed E-state index contributed by atoms with van der Waals surface area (Å²) in [6, 6.07) is 8.48. The summed E-state index contributed by atoms with van der Waals surface area (Å²) in [5.74, 6) is -0.772. The van der Waals surface area contributed by atoms with Crippen LogP contribution >= 0.6 is 11.6 Å². The number of nitrogens with zero attached hydrogens (tertiary/aromatic N) is 4. The number of esters is 1. The molecule has 0 saturated heterocycles. The molecule has 0 aliphatic heterocycles. The minimum Gasteiger partial charge on any atom is -0.456 e. The molecule has 0 radical (unpaired) electrons. The van der Waals surface area contributed by atoms with Gasteiger partial charge in [0, 0.05) is 38.3 Å². The Morgan fingerprint density at radius 1 is 1.19 bits per heavy atom. The van der Waals surface area contributed by atoms with E-state index in [0.717, 1.165) is 6.07 Å². The molecule has 0 atom stereocenters. The molecular weight excluding hydrogens is 526 g/mol. The molecule has 0 bridgehead atoms. The van der Waals surface area contributed by atoms with Crippen molar-refractivity contribution < 1.29 is 27.7 Å². The van der Waals surface area contributed by atoms with Crippen LogP contribution in [-0.2, 0) is 37.8 Å². The molecule has 1 amide bonds. The number of aryl methyl sites for hydroxylation is 2. The third-order valence-electron chi connectivity index (χ3n) is 5.63. The van der Waals surface area contributed by atoms with Crippen LogP contribution in [0.4, 0.5) is 11.4 Å². The van der Waals surface area contributed by atoms with Crippen molar-refractivity contribution in [3.8, 4) is 0 Å². The van der Waals surface area contributed by atoms with E-state index < -0.39 is 33.4 Å². The second kappa shape index (κ2) is 11.7. The molecule has 3 aromatic rings.